The predicted molar refractivity (Wildman–Crippen MR) is 160 cm³/mol. The normalized spacial score (nSPS) is 9.41. The number of nitrogens with zero attached hydrogens (tertiary/aromatic N) is 4. The van der Waals surface area contributed by atoms with Crippen molar-refractivity contribution in [3.05, 3.63) is 97.6 Å². The van der Waals surface area contributed by atoms with Crippen molar-refractivity contribution in [3.8, 4) is 0 Å². The van der Waals surface area contributed by atoms with Gasteiger partial charge < -0.3 is 58.9 Å². The summed E-state index contributed by atoms with van der Waals surface area (Å²) in [7, 11) is -5.17. The summed E-state index contributed by atoms with van der Waals surface area (Å²) in [5.74, 6) is 3.29. The number of hydrogen-bond donors (Lipinski definition) is 4. The van der Waals surface area contributed by atoms with Gasteiger partial charge in [-0.25, -0.2) is 19.9 Å². The van der Waals surface area contributed by atoms with Crippen molar-refractivity contribution in [1.82, 2.24) is 9.97 Å². The van der Waals surface area contributed by atoms with Crippen molar-refractivity contribution in [2.24, 2.45) is 21.5 Å². The fourth-order valence-electron chi connectivity index (χ4n) is 2.36. The lowest BCUT2D eigenvalue weighted by atomic mass is 10.4. The van der Waals surface area contributed by atoms with Crippen LogP contribution < -0.4 is 32.1 Å². The van der Waals surface area contributed by atoms with E-state index in [9.17, 15) is 0 Å². The molecule has 0 saturated carbocycles. The highest BCUT2D eigenvalue weighted by Gasteiger charge is 2.04. The first-order chi connectivity index (χ1) is 17.7. The fourth-order valence-corrected chi connectivity index (χ4v) is 2.36. The number of nitrogens with one attached hydrogen (secondary N) is 4. The molecule has 4 aromatic rings. The van der Waals surface area contributed by atoms with Gasteiger partial charge in [0.1, 0.15) is 11.6 Å². The van der Waals surface area contributed by atoms with Crippen LogP contribution in [0.25, 0.3) is 0 Å². The summed E-state index contributed by atoms with van der Waals surface area (Å²) in [5, 5.41) is 5.77. The van der Waals surface area contributed by atoms with Gasteiger partial charge >= 0.3 is 23.6 Å². The highest BCUT2D eigenvalue weighted by atomic mass is 32.3. The van der Waals surface area contributed by atoms with Gasteiger partial charge in [-0.3, -0.25) is 19.1 Å². The molecule has 4 rings (SSSR count). The third-order valence-electron chi connectivity index (χ3n) is 3.71. The highest BCUT2D eigenvalue weighted by molar-refractivity contribution is 7.79. The Hall–Kier alpha value is -5.27. The number of aromatic nitrogens is 4. The SMILES string of the molecule is N/C(=N\c1cccc[nH+]1)Nc1ccccn1.N/C(=N\c1cccc[nH+]1)Nc1ccccn1.O.O.O.O.O.O.O.O=S(=O)([O-])[O-]. The number of guanidine groups is 2. The maximum atomic E-state index is 8.52. The maximum Gasteiger partial charge on any atom is 0.325 e. The first kappa shape index (κ1) is 51.5. The Balaban J connectivity index is -0.000000125. The Morgan fingerprint density at radius 3 is 1.18 bits per heavy atom. The minimum Gasteiger partial charge on any atom is -0.759 e. The molecule has 0 aliphatic heterocycles. The molecular weight excluding hydrogens is 612 g/mol. The van der Waals surface area contributed by atoms with Gasteiger partial charge in [-0.1, -0.05) is 24.3 Å². The van der Waals surface area contributed by atoms with Gasteiger partial charge in [-0.2, -0.15) is 0 Å². The van der Waals surface area contributed by atoms with Crippen LogP contribution in [0.3, 0.4) is 0 Å². The summed E-state index contributed by atoms with van der Waals surface area (Å²) in [6.07, 6.45) is 6.94. The van der Waals surface area contributed by atoms with E-state index in [1.165, 1.54) is 0 Å². The Kier molecular flexibility index (Phi) is 32.6. The summed E-state index contributed by atoms with van der Waals surface area (Å²) < 4.78 is 34.1. The van der Waals surface area contributed by atoms with Crippen molar-refractivity contribution in [1.29, 1.82) is 0 Å². The molecule has 0 bridgehead atoms. The number of pyridine rings is 4. The third-order valence-corrected chi connectivity index (χ3v) is 3.71. The number of rotatable bonds is 4. The summed E-state index contributed by atoms with van der Waals surface area (Å²) in [6.45, 7) is 0. The monoisotopic (exact) mass is 650 g/mol. The zero-order valence-corrected chi connectivity index (χ0v) is 23.5. The molecule has 0 saturated heterocycles. The molecule has 0 amide bonds. The fraction of sp³-hybridized carbons (Fsp3) is 0. The van der Waals surface area contributed by atoms with E-state index in [0.29, 0.717) is 35.2 Å². The van der Waals surface area contributed by atoms with E-state index in [2.05, 4.69) is 40.6 Å². The zero-order valence-electron chi connectivity index (χ0n) is 22.7. The van der Waals surface area contributed by atoms with Crippen LogP contribution in [0.1, 0.15) is 0 Å². The number of H-pyrrole nitrogens is 2. The summed E-state index contributed by atoms with van der Waals surface area (Å²) in [5.41, 5.74) is 11.4. The molecule has 0 unspecified atom stereocenters. The minimum atomic E-state index is -5.17. The molecule has 0 aromatic carbocycles. The largest absolute Gasteiger partial charge is 0.759 e. The topological polar surface area (TPSA) is 456 Å². The van der Waals surface area contributed by atoms with Crippen molar-refractivity contribution in [2.45, 2.75) is 0 Å². The number of nitrogens with two attached hydrogens (primary N) is 2. The van der Waals surface area contributed by atoms with Crippen molar-refractivity contribution in [2.75, 3.05) is 10.6 Å². The molecular formula is C22H38N10O11S. The Morgan fingerprint density at radius 1 is 0.614 bits per heavy atom. The molecule has 0 atom stereocenters. The number of anilines is 2. The van der Waals surface area contributed by atoms with Gasteiger partial charge in [0.15, 0.2) is 0 Å². The van der Waals surface area contributed by atoms with Crippen LogP contribution in [-0.2, 0) is 10.4 Å². The minimum absolute atomic E-state index is 0. The zero-order chi connectivity index (χ0) is 26.9. The standard InChI is InChI=1S/2C11H11N5.H2O4S.7H2O/c2*12-11(15-9-5-1-3-7-13-9)16-10-6-2-4-8-14-10;1-5(2,3)4;;;;;;;/h2*1-8H,(H3,12,13,14,15,16);(H2,1,2,3,4);7*1H2. The van der Waals surface area contributed by atoms with Gasteiger partial charge in [0.25, 0.3) is 0 Å². The van der Waals surface area contributed by atoms with Gasteiger partial charge in [0.2, 0.25) is 0 Å². The van der Waals surface area contributed by atoms with Gasteiger partial charge in [0, 0.05) is 34.9 Å². The van der Waals surface area contributed by atoms with Crippen LogP contribution >= 0.6 is 0 Å². The first-order valence-electron chi connectivity index (χ1n) is 10.3. The maximum absolute atomic E-state index is 8.52. The third kappa shape index (κ3) is 25.7. The lowest BCUT2D eigenvalue weighted by Crippen LogP contribution is -2.23. The van der Waals surface area contributed by atoms with Crippen molar-refractivity contribution >= 4 is 45.6 Å². The molecule has 4 heterocycles. The first-order valence-corrected chi connectivity index (χ1v) is 11.7. The molecule has 22 heteroatoms. The number of aromatic amines is 2. The van der Waals surface area contributed by atoms with E-state index < -0.39 is 10.4 Å². The van der Waals surface area contributed by atoms with E-state index in [0.717, 1.165) is 0 Å². The van der Waals surface area contributed by atoms with Crippen molar-refractivity contribution < 1.29 is 65.8 Å². The van der Waals surface area contributed by atoms with E-state index >= 15 is 0 Å². The molecule has 0 aliphatic rings. The molecule has 22 N–H and O–H groups in total. The van der Waals surface area contributed by atoms with Crippen LogP contribution in [0.4, 0.5) is 23.3 Å². The average molecular weight is 651 g/mol. The molecule has 21 nitrogen and oxygen atoms in total. The average Bonchev–Trinajstić information content (AvgIpc) is 2.86. The lowest BCUT2D eigenvalue weighted by Gasteiger charge is -2.06. The second-order valence-electron chi connectivity index (χ2n) is 6.58. The van der Waals surface area contributed by atoms with Gasteiger partial charge in [-0.05, 0) is 46.4 Å². The van der Waals surface area contributed by atoms with Crippen LogP contribution in [-0.4, -0.2) is 77.7 Å². The summed E-state index contributed by atoms with van der Waals surface area (Å²) >= 11 is 0. The van der Waals surface area contributed by atoms with E-state index in [1.54, 1.807) is 24.8 Å². The molecule has 44 heavy (non-hydrogen) atoms. The Morgan fingerprint density at radius 2 is 0.932 bits per heavy atom. The van der Waals surface area contributed by atoms with Crippen LogP contribution in [0, 0.1) is 0 Å². The lowest BCUT2D eigenvalue weighted by molar-refractivity contribution is -0.363. The second kappa shape index (κ2) is 27.9. The Labute approximate surface area is 251 Å². The van der Waals surface area contributed by atoms with E-state index in [1.807, 2.05) is 72.8 Å². The van der Waals surface area contributed by atoms with E-state index in [-0.39, 0.29) is 38.3 Å². The van der Waals surface area contributed by atoms with Gasteiger partial charge in [-0.15, -0.1) is 0 Å². The number of hydrogen-bond acceptors (Lipinski definition) is 8. The second-order valence-corrected chi connectivity index (χ2v) is 7.39. The molecule has 0 aliphatic carbocycles. The molecule has 4 aromatic heterocycles. The molecule has 0 fully saturated rings. The molecule has 0 spiro atoms. The van der Waals surface area contributed by atoms with Gasteiger partial charge in [0.05, 0.1) is 12.4 Å². The summed E-state index contributed by atoms with van der Waals surface area (Å²) in [4.78, 5) is 22.4. The molecule has 248 valence electrons. The smallest absolute Gasteiger partial charge is 0.325 e. The van der Waals surface area contributed by atoms with Crippen LogP contribution in [0.15, 0.2) is 108 Å². The van der Waals surface area contributed by atoms with Crippen LogP contribution in [0.2, 0.25) is 0 Å². The highest BCUT2D eigenvalue weighted by Crippen LogP contribution is 2.04. The van der Waals surface area contributed by atoms with Crippen molar-refractivity contribution in [3.63, 3.8) is 0 Å². The number of aliphatic imine (C=N–C) groups is 2. The van der Waals surface area contributed by atoms with Crippen LogP contribution in [0.5, 0.6) is 0 Å². The summed E-state index contributed by atoms with van der Waals surface area (Å²) in [6, 6.07) is 22.2. The predicted octanol–water partition coefficient (Wildman–Crippen LogP) is -5.20. The van der Waals surface area contributed by atoms with E-state index in [4.69, 9.17) is 29.0 Å². The molecule has 0 radical (unpaired) electrons. The Bertz CT molecular complexity index is 1280. The quantitative estimate of drug-likeness (QED) is 0.0703.